The van der Waals surface area contributed by atoms with Crippen LogP contribution in [0, 0.1) is 0 Å². The molecule has 0 aromatic rings. The molecule has 0 aliphatic carbocycles. The van der Waals surface area contributed by atoms with Crippen LogP contribution in [-0.2, 0) is 19.0 Å². The van der Waals surface area contributed by atoms with Crippen LogP contribution in [0.1, 0.15) is 26.7 Å². The number of rotatable bonds is 3. The summed E-state index contributed by atoms with van der Waals surface area (Å²) in [4.78, 5) is 0. The second-order valence-electron chi connectivity index (χ2n) is 4.22. The van der Waals surface area contributed by atoms with E-state index in [2.05, 4.69) is 4.18 Å². The van der Waals surface area contributed by atoms with E-state index < -0.39 is 33.9 Å². The lowest BCUT2D eigenvalue weighted by molar-refractivity contribution is -0.0632. The van der Waals surface area contributed by atoms with Crippen molar-refractivity contribution >= 4 is 10.1 Å². The topological polar surface area (TPSA) is 52.6 Å². The second kappa shape index (κ2) is 4.15. The van der Waals surface area contributed by atoms with Gasteiger partial charge in [-0.1, -0.05) is 0 Å². The van der Waals surface area contributed by atoms with E-state index in [0.29, 0.717) is 12.8 Å². The van der Waals surface area contributed by atoms with Gasteiger partial charge in [0, 0.05) is 0 Å². The van der Waals surface area contributed by atoms with Gasteiger partial charge in [0.2, 0.25) is 0 Å². The molecule has 0 amide bonds. The lowest BCUT2D eigenvalue weighted by Crippen LogP contribution is -2.30. The van der Waals surface area contributed by atoms with Crippen molar-refractivity contribution < 1.29 is 30.5 Å². The SMILES string of the molecule is CC1(C)CC[C@@H](COS(=O)(=O)C(F)(F)F)O1. The Bertz CT molecular complexity index is 347. The minimum Gasteiger partial charge on any atom is -0.370 e. The van der Waals surface area contributed by atoms with Gasteiger partial charge in [-0.05, 0) is 26.7 Å². The lowest BCUT2D eigenvalue weighted by Gasteiger charge is -2.19. The van der Waals surface area contributed by atoms with Crippen molar-refractivity contribution in [3.8, 4) is 0 Å². The summed E-state index contributed by atoms with van der Waals surface area (Å²) in [5.41, 5.74) is -5.81. The van der Waals surface area contributed by atoms with Crippen LogP contribution < -0.4 is 0 Å². The molecule has 16 heavy (non-hydrogen) atoms. The third-order valence-corrected chi connectivity index (χ3v) is 3.26. The van der Waals surface area contributed by atoms with Crippen LogP contribution in [-0.4, -0.2) is 32.2 Å². The first-order valence-corrected chi connectivity index (χ1v) is 6.08. The van der Waals surface area contributed by atoms with Gasteiger partial charge in [-0.25, -0.2) is 0 Å². The van der Waals surface area contributed by atoms with E-state index >= 15 is 0 Å². The Hall–Kier alpha value is -0.340. The van der Waals surface area contributed by atoms with Crippen molar-refractivity contribution in [3.63, 3.8) is 0 Å². The van der Waals surface area contributed by atoms with E-state index in [4.69, 9.17) is 4.74 Å². The molecule has 1 rings (SSSR count). The summed E-state index contributed by atoms with van der Waals surface area (Å²) in [7, 11) is -5.50. The van der Waals surface area contributed by atoms with Crippen molar-refractivity contribution in [2.24, 2.45) is 0 Å². The largest absolute Gasteiger partial charge is 0.523 e. The van der Waals surface area contributed by atoms with Gasteiger partial charge in [0.05, 0.1) is 18.3 Å². The standard InChI is InChI=1S/C8H13F3O4S/c1-7(2)4-3-6(15-7)5-14-16(12,13)8(9,10)11/h6H,3-5H2,1-2H3/t6-/m0/s1. The van der Waals surface area contributed by atoms with Crippen LogP contribution in [0.2, 0.25) is 0 Å². The molecule has 1 fully saturated rings. The average molecular weight is 262 g/mol. The molecule has 0 aromatic carbocycles. The zero-order valence-electron chi connectivity index (χ0n) is 8.87. The average Bonchev–Trinajstić information content (AvgIpc) is 2.40. The maximum Gasteiger partial charge on any atom is 0.523 e. The van der Waals surface area contributed by atoms with E-state index in [1.165, 1.54) is 0 Å². The fourth-order valence-corrected chi connectivity index (χ4v) is 1.89. The molecule has 0 spiro atoms. The first-order chi connectivity index (χ1) is 7.04. The van der Waals surface area contributed by atoms with Crippen LogP contribution >= 0.6 is 0 Å². The Morgan fingerprint density at radius 1 is 1.44 bits per heavy atom. The maximum atomic E-state index is 11.9. The molecule has 4 nitrogen and oxygen atoms in total. The Morgan fingerprint density at radius 3 is 2.38 bits per heavy atom. The predicted molar refractivity (Wildman–Crippen MR) is 49.1 cm³/mol. The Labute approximate surface area is 91.8 Å². The summed E-state index contributed by atoms with van der Waals surface area (Å²) in [5, 5.41) is 0. The van der Waals surface area contributed by atoms with Gasteiger partial charge in [-0.3, -0.25) is 4.18 Å². The Morgan fingerprint density at radius 2 is 2.00 bits per heavy atom. The highest BCUT2D eigenvalue weighted by Gasteiger charge is 2.48. The molecule has 96 valence electrons. The normalized spacial score (nSPS) is 25.9. The summed E-state index contributed by atoms with van der Waals surface area (Å²) in [6, 6.07) is 0. The zero-order valence-corrected chi connectivity index (χ0v) is 9.69. The minimum absolute atomic E-state index is 0.435. The van der Waals surface area contributed by atoms with Gasteiger partial charge in [-0.15, -0.1) is 0 Å². The van der Waals surface area contributed by atoms with Gasteiger partial charge in [0.15, 0.2) is 0 Å². The molecule has 1 aliphatic rings. The van der Waals surface area contributed by atoms with Gasteiger partial charge in [0.1, 0.15) is 0 Å². The lowest BCUT2D eigenvalue weighted by atomic mass is 10.1. The Balaban J connectivity index is 2.48. The van der Waals surface area contributed by atoms with Crippen molar-refractivity contribution in [3.05, 3.63) is 0 Å². The van der Waals surface area contributed by atoms with Crippen molar-refractivity contribution in [1.29, 1.82) is 0 Å². The quantitative estimate of drug-likeness (QED) is 0.575. The van der Waals surface area contributed by atoms with Gasteiger partial charge in [-0.2, -0.15) is 21.6 Å². The third-order valence-electron chi connectivity index (χ3n) is 2.25. The number of halogens is 3. The van der Waals surface area contributed by atoms with E-state index in [-0.39, 0.29) is 0 Å². The highest BCUT2D eigenvalue weighted by molar-refractivity contribution is 7.87. The number of alkyl halides is 3. The maximum absolute atomic E-state index is 11.9. The number of hydrogen-bond donors (Lipinski definition) is 0. The summed E-state index contributed by atoms with van der Waals surface area (Å²) in [6.07, 6.45) is 0.542. The van der Waals surface area contributed by atoms with Gasteiger partial charge >= 0.3 is 15.6 Å². The first-order valence-electron chi connectivity index (χ1n) is 4.67. The predicted octanol–water partition coefficient (Wildman–Crippen LogP) is 1.81. The summed E-state index contributed by atoms with van der Waals surface area (Å²) in [5.74, 6) is 0. The van der Waals surface area contributed by atoms with Crippen LogP contribution in [0.25, 0.3) is 0 Å². The van der Waals surface area contributed by atoms with E-state index in [9.17, 15) is 21.6 Å². The highest BCUT2D eigenvalue weighted by Crippen LogP contribution is 2.31. The van der Waals surface area contributed by atoms with E-state index in [1.807, 2.05) is 0 Å². The van der Waals surface area contributed by atoms with Gasteiger partial charge in [0.25, 0.3) is 0 Å². The third kappa shape index (κ3) is 3.33. The van der Waals surface area contributed by atoms with E-state index in [0.717, 1.165) is 0 Å². The van der Waals surface area contributed by atoms with Crippen LogP contribution in [0.5, 0.6) is 0 Å². The number of ether oxygens (including phenoxy) is 1. The molecule has 0 N–H and O–H groups in total. The van der Waals surface area contributed by atoms with Crippen molar-refractivity contribution in [1.82, 2.24) is 0 Å². The molecular weight excluding hydrogens is 249 g/mol. The zero-order chi connectivity index (χ0) is 12.6. The molecule has 0 saturated carbocycles. The Kier molecular flexibility index (Phi) is 3.56. The van der Waals surface area contributed by atoms with Crippen LogP contribution in [0.3, 0.4) is 0 Å². The molecule has 0 aromatic heterocycles. The molecule has 1 aliphatic heterocycles. The fraction of sp³-hybridized carbons (Fsp3) is 1.00. The minimum atomic E-state index is -5.50. The van der Waals surface area contributed by atoms with Crippen molar-refractivity contribution in [2.45, 2.75) is 43.9 Å². The highest BCUT2D eigenvalue weighted by atomic mass is 32.2. The smallest absolute Gasteiger partial charge is 0.370 e. The first kappa shape index (κ1) is 13.7. The van der Waals surface area contributed by atoms with E-state index in [1.54, 1.807) is 13.8 Å². The molecule has 0 bridgehead atoms. The van der Waals surface area contributed by atoms with Gasteiger partial charge < -0.3 is 4.74 Å². The van der Waals surface area contributed by atoms with Crippen LogP contribution in [0.4, 0.5) is 13.2 Å². The molecule has 1 atom stereocenters. The van der Waals surface area contributed by atoms with Crippen LogP contribution in [0.15, 0.2) is 0 Å². The molecule has 0 radical (unpaired) electrons. The molecular formula is C8H13F3O4S. The second-order valence-corrected chi connectivity index (χ2v) is 5.83. The molecule has 1 saturated heterocycles. The molecule has 1 heterocycles. The fourth-order valence-electron chi connectivity index (χ4n) is 1.43. The molecule has 0 unspecified atom stereocenters. The summed E-state index contributed by atoms with van der Waals surface area (Å²) < 4.78 is 66.0. The number of hydrogen-bond acceptors (Lipinski definition) is 4. The summed E-state index contributed by atoms with van der Waals surface area (Å²) in [6.45, 7) is 2.97. The molecule has 8 heteroatoms. The monoisotopic (exact) mass is 262 g/mol. The summed E-state index contributed by atoms with van der Waals surface area (Å²) >= 11 is 0. The van der Waals surface area contributed by atoms with Crippen molar-refractivity contribution in [2.75, 3.05) is 6.61 Å².